The van der Waals surface area contributed by atoms with Gasteiger partial charge in [-0.05, 0) is 6.42 Å². The number of aliphatic hydroxyl groups is 2. The fourth-order valence-corrected chi connectivity index (χ4v) is 1.57. The molecule has 0 amide bonds. The van der Waals surface area contributed by atoms with Crippen molar-refractivity contribution in [2.75, 3.05) is 6.61 Å². The van der Waals surface area contributed by atoms with Gasteiger partial charge in [0.05, 0.1) is 6.61 Å². The van der Waals surface area contributed by atoms with Gasteiger partial charge in [-0.3, -0.25) is 4.79 Å². The summed E-state index contributed by atoms with van der Waals surface area (Å²) in [6.07, 6.45) is 5.65. The van der Waals surface area contributed by atoms with Gasteiger partial charge >= 0.3 is 5.97 Å². The largest absolute Gasteiger partial charge is 0.443 e. The van der Waals surface area contributed by atoms with Crippen LogP contribution in [0.25, 0.3) is 0 Å². The number of aliphatic hydroxyl groups excluding tert-OH is 2. The first kappa shape index (κ1) is 16.7. The van der Waals surface area contributed by atoms with Gasteiger partial charge in [0.1, 0.15) is 6.10 Å². The van der Waals surface area contributed by atoms with Gasteiger partial charge in [-0.25, -0.2) is 0 Å². The molecule has 0 aliphatic rings. The first-order chi connectivity index (χ1) is 8.11. The van der Waals surface area contributed by atoms with Crippen LogP contribution in [0.3, 0.4) is 0 Å². The lowest BCUT2D eigenvalue weighted by molar-refractivity contribution is -0.150. The predicted molar refractivity (Wildman–Crippen MR) is 66.8 cm³/mol. The molecule has 0 rings (SSSR count). The van der Waals surface area contributed by atoms with Crippen LogP contribution in [0, 0.1) is 0 Å². The van der Waals surface area contributed by atoms with Crippen LogP contribution < -0.4 is 0 Å². The molecule has 2 N–H and O–H groups in total. The Morgan fingerprint density at radius 2 is 1.82 bits per heavy atom. The Morgan fingerprint density at radius 1 is 1.24 bits per heavy atom. The predicted octanol–water partition coefficient (Wildman–Crippen LogP) is 2.20. The highest BCUT2D eigenvalue weighted by Crippen LogP contribution is 2.10. The number of unbranched alkanes of at least 4 members (excludes halogenated alkanes) is 5. The zero-order valence-corrected chi connectivity index (χ0v) is 11.2. The fraction of sp³-hybridized carbons (Fsp3) is 0.917. The smallest absolute Gasteiger partial charge is 0.307 e. The Morgan fingerprint density at radius 3 is 2.41 bits per heavy atom. The van der Waals surface area contributed by atoms with Gasteiger partial charge in [-0.15, -0.1) is 0 Å². The molecule has 0 aliphatic carbocycles. The molecule has 17 heavy (non-hydrogen) atoms. The lowest BCUT2D eigenvalue weighted by Gasteiger charge is -2.15. The summed E-state index contributed by atoms with van der Waals surface area (Å²) in [6.45, 7) is 1.64. The van der Waals surface area contributed by atoms with Crippen molar-refractivity contribution in [1.82, 2.24) is 0 Å². The van der Waals surface area contributed by atoms with E-state index in [0.29, 0.717) is 6.42 Å². The van der Waals surface area contributed by atoms with Crippen molar-refractivity contribution in [2.45, 2.75) is 63.5 Å². The van der Waals surface area contributed by atoms with E-state index in [1.54, 1.807) is 0 Å². The normalized spacial score (nSPS) is 14.4. The van der Waals surface area contributed by atoms with Crippen LogP contribution in [0.1, 0.15) is 51.9 Å². The van der Waals surface area contributed by atoms with Gasteiger partial charge in [0.2, 0.25) is 5.56 Å². The highest BCUT2D eigenvalue weighted by Gasteiger charge is 2.19. The molecule has 0 radical (unpaired) electrons. The topological polar surface area (TPSA) is 66.8 Å². The van der Waals surface area contributed by atoms with Crippen LogP contribution in [0.2, 0.25) is 0 Å². The second kappa shape index (κ2) is 10.8. The van der Waals surface area contributed by atoms with E-state index in [0.717, 1.165) is 19.3 Å². The third kappa shape index (κ3) is 9.39. The number of halogens is 1. The van der Waals surface area contributed by atoms with Crippen LogP contribution in [0.5, 0.6) is 0 Å². The second-order valence-corrected chi connectivity index (χ2v) is 4.54. The minimum absolute atomic E-state index is 0.313. The van der Waals surface area contributed by atoms with Gasteiger partial charge in [0, 0.05) is 6.42 Å². The SMILES string of the molecule is CCCCCCCCC(=O)O[C@H](Cl)[C@@H](O)CO. The first-order valence-electron chi connectivity index (χ1n) is 6.24. The van der Waals surface area contributed by atoms with E-state index < -0.39 is 24.2 Å². The molecule has 4 nitrogen and oxygen atoms in total. The minimum Gasteiger partial charge on any atom is -0.443 e. The molecule has 0 spiro atoms. The van der Waals surface area contributed by atoms with Crippen LogP contribution in [0.4, 0.5) is 0 Å². The lowest BCUT2D eigenvalue weighted by Crippen LogP contribution is -2.29. The average molecular weight is 267 g/mol. The zero-order chi connectivity index (χ0) is 13.1. The maximum absolute atomic E-state index is 11.3. The number of rotatable bonds is 10. The summed E-state index contributed by atoms with van der Waals surface area (Å²) >= 11 is 5.55. The maximum atomic E-state index is 11.3. The summed E-state index contributed by atoms with van der Waals surface area (Å²) in [5, 5.41) is 17.7. The number of hydrogen-bond donors (Lipinski definition) is 2. The summed E-state index contributed by atoms with van der Waals surface area (Å²) in [5.41, 5.74) is -1.16. The minimum atomic E-state index is -1.22. The fourth-order valence-electron chi connectivity index (χ4n) is 1.40. The maximum Gasteiger partial charge on any atom is 0.307 e. The van der Waals surface area contributed by atoms with Crippen molar-refractivity contribution in [3.63, 3.8) is 0 Å². The second-order valence-electron chi connectivity index (χ2n) is 4.11. The van der Waals surface area contributed by atoms with Crippen LogP contribution in [-0.2, 0) is 9.53 Å². The molecular formula is C12H23ClO4. The molecule has 0 aromatic rings. The van der Waals surface area contributed by atoms with Crippen molar-refractivity contribution in [1.29, 1.82) is 0 Å². The Kier molecular flexibility index (Phi) is 10.6. The van der Waals surface area contributed by atoms with Gasteiger partial charge in [0.15, 0.2) is 0 Å². The summed E-state index contributed by atoms with van der Waals surface area (Å²) in [5.74, 6) is -0.423. The third-order valence-electron chi connectivity index (χ3n) is 2.47. The van der Waals surface area contributed by atoms with Crippen molar-refractivity contribution < 1.29 is 19.7 Å². The molecule has 0 fully saturated rings. The Labute approximate surface area is 108 Å². The van der Waals surface area contributed by atoms with Crippen molar-refractivity contribution >= 4 is 17.6 Å². The van der Waals surface area contributed by atoms with Crippen molar-refractivity contribution in [3.8, 4) is 0 Å². The first-order valence-corrected chi connectivity index (χ1v) is 6.68. The zero-order valence-electron chi connectivity index (χ0n) is 10.4. The van der Waals surface area contributed by atoms with Crippen molar-refractivity contribution in [3.05, 3.63) is 0 Å². The van der Waals surface area contributed by atoms with E-state index in [4.69, 9.17) is 26.6 Å². The number of hydrogen-bond acceptors (Lipinski definition) is 4. The summed E-state index contributed by atoms with van der Waals surface area (Å²) < 4.78 is 4.75. The summed E-state index contributed by atoms with van der Waals surface area (Å²) in [4.78, 5) is 11.3. The Bertz CT molecular complexity index is 199. The Hall–Kier alpha value is -0.320. The van der Waals surface area contributed by atoms with Crippen LogP contribution >= 0.6 is 11.6 Å². The highest BCUT2D eigenvalue weighted by atomic mass is 35.5. The summed E-state index contributed by atoms with van der Waals surface area (Å²) in [6, 6.07) is 0. The molecule has 0 heterocycles. The summed E-state index contributed by atoms with van der Waals surface area (Å²) in [7, 11) is 0. The molecule has 102 valence electrons. The standard InChI is InChI=1S/C12H23ClO4/c1-2-3-4-5-6-7-8-11(16)17-12(13)10(15)9-14/h10,12,14-15H,2-9H2,1H3/t10-,12-/m0/s1. The van der Waals surface area contributed by atoms with Crippen LogP contribution in [0.15, 0.2) is 0 Å². The van der Waals surface area contributed by atoms with Gasteiger partial charge in [0.25, 0.3) is 0 Å². The van der Waals surface area contributed by atoms with E-state index in [2.05, 4.69) is 6.92 Å². The molecule has 0 bridgehead atoms. The third-order valence-corrected chi connectivity index (χ3v) is 2.85. The van der Waals surface area contributed by atoms with Gasteiger partial charge in [-0.1, -0.05) is 50.6 Å². The van der Waals surface area contributed by atoms with E-state index in [1.807, 2.05) is 0 Å². The molecule has 0 aromatic carbocycles. The lowest BCUT2D eigenvalue weighted by atomic mass is 10.1. The molecule has 0 unspecified atom stereocenters. The van der Waals surface area contributed by atoms with E-state index in [9.17, 15) is 4.79 Å². The van der Waals surface area contributed by atoms with E-state index in [-0.39, 0.29) is 0 Å². The molecule has 5 heteroatoms. The Balaban J connectivity index is 3.46. The molecule has 0 saturated carbocycles. The number of alkyl halides is 1. The molecule has 2 atom stereocenters. The number of carbonyl (C=O) groups excluding carboxylic acids is 1. The number of ether oxygens (including phenoxy) is 1. The van der Waals surface area contributed by atoms with Crippen LogP contribution in [-0.4, -0.2) is 34.5 Å². The van der Waals surface area contributed by atoms with Gasteiger partial charge < -0.3 is 14.9 Å². The molecule has 0 saturated heterocycles. The number of esters is 1. The van der Waals surface area contributed by atoms with E-state index >= 15 is 0 Å². The highest BCUT2D eigenvalue weighted by molar-refractivity contribution is 6.20. The monoisotopic (exact) mass is 266 g/mol. The van der Waals surface area contributed by atoms with Gasteiger partial charge in [-0.2, -0.15) is 0 Å². The number of carbonyl (C=O) groups is 1. The van der Waals surface area contributed by atoms with E-state index in [1.165, 1.54) is 19.3 Å². The average Bonchev–Trinajstić information content (AvgIpc) is 2.32. The quantitative estimate of drug-likeness (QED) is 0.361. The molecular weight excluding hydrogens is 244 g/mol. The molecule has 0 aliphatic heterocycles. The van der Waals surface area contributed by atoms with Crippen molar-refractivity contribution in [2.24, 2.45) is 0 Å². The molecule has 0 aromatic heterocycles.